The second kappa shape index (κ2) is 9.56. The van der Waals surface area contributed by atoms with E-state index in [1.54, 1.807) is 17.9 Å². The number of amides is 2. The van der Waals surface area contributed by atoms with Gasteiger partial charge in [0.05, 0.1) is 6.42 Å². The normalized spacial score (nSPS) is 11.7. The number of nitrogens with one attached hydrogen (secondary N) is 1. The van der Waals surface area contributed by atoms with Crippen LogP contribution in [-0.4, -0.2) is 29.3 Å². The predicted molar refractivity (Wildman–Crippen MR) is 110 cm³/mol. The van der Waals surface area contributed by atoms with Crippen LogP contribution in [0, 0.1) is 13.8 Å². The van der Waals surface area contributed by atoms with Gasteiger partial charge in [-0.15, -0.1) is 0 Å². The lowest BCUT2D eigenvalue weighted by Crippen LogP contribution is -2.48. The summed E-state index contributed by atoms with van der Waals surface area (Å²) in [6, 6.07) is 12.8. The predicted octanol–water partition coefficient (Wildman–Crippen LogP) is 4.05. The van der Waals surface area contributed by atoms with E-state index in [0.717, 1.165) is 16.7 Å². The number of carbonyl (C=O) groups is 2. The number of carbonyl (C=O) groups excluding carboxylic acids is 2. The minimum Gasteiger partial charge on any atom is -0.355 e. The Labute approximate surface area is 166 Å². The molecule has 4 nitrogen and oxygen atoms in total. The lowest BCUT2D eigenvalue weighted by Gasteiger charge is -2.29. The molecular weight excluding hydrogens is 360 g/mol. The van der Waals surface area contributed by atoms with Gasteiger partial charge < -0.3 is 10.2 Å². The Morgan fingerprint density at radius 1 is 1.11 bits per heavy atom. The van der Waals surface area contributed by atoms with Gasteiger partial charge in [0.2, 0.25) is 11.8 Å². The lowest BCUT2D eigenvalue weighted by atomic mass is 10.0. The molecule has 2 amide bonds. The fourth-order valence-electron chi connectivity index (χ4n) is 2.90. The molecule has 2 aromatic carbocycles. The van der Waals surface area contributed by atoms with Crippen LogP contribution in [-0.2, 0) is 22.6 Å². The third-order valence-electron chi connectivity index (χ3n) is 4.74. The smallest absolute Gasteiger partial charge is 0.242 e. The first-order valence-corrected chi connectivity index (χ1v) is 9.58. The molecule has 144 valence electrons. The monoisotopic (exact) mass is 386 g/mol. The molecule has 2 rings (SSSR count). The van der Waals surface area contributed by atoms with E-state index in [0.29, 0.717) is 18.1 Å². The van der Waals surface area contributed by atoms with Gasteiger partial charge in [0.15, 0.2) is 0 Å². The van der Waals surface area contributed by atoms with Crippen molar-refractivity contribution in [3.05, 3.63) is 69.7 Å². The first kappa shape index (κ1) is 21.0. The fraction of sp³-hybridized carbons (Fsp3) is 0.364. The van der Waals surface area contributed by atoms with E-state index in [-0.39, 0.29) is 18.2 Å². The molecular formula is C22H27ClN2O2. The standard InChI is InChI=1S/C22H27ClN2O2/c1-5-24-22(27)17(4)25(14-19-8-6-7-9-20(19)23)21(26)13-18-11-10-15(2)16(3)12-18/h6-12,17H,5,13-14H2,1-4H3,(H,24,27)/t17-/m0/s1. The first-order chi connectivity index (χ1) is 12.8. The summed E-state index contributed by atoms with van der Waals surface area (Å²) in [6.07, 6.45) is 0.245. The van der Waals surface area contributed by atoms with Gasteiger partial charge in [-0.25, -0.2) is 0 Å². The minimum atomic E-state index is -0.583. The molecule has 0 saturated heterocycles. The Morgan fingerprint density at radius 3 is 2.44 bits per heavy atom. The molecule has 0 heterocycles. The Kier molecular flexibility index (Phi) is 7.43. The average Bonchev–Trinajstić information content (AvgIpc) is 2.63. The van der Waals surface area contributed by atoms with Crippen LogP contribution in [0.3, 0.4) is 0 Å². The third kappa shape index (κ3) is 5.57. The molecule has 0 spiro atoms. The van der Waals surface area contributed by atoms with Gasteiger partial charge in [-0.1, -0.05) is 48.0 Å². The van der Waals surface area contributed by atoms with Gasteiger partial charge in [0.25, 0.3) is 0 Å². The van der Waals surface area contributed by atoms with E-state index in [1.165, 1.54) is 5.56 Å². The summed E-state index contributed by atoms with van der Waals surface area (Å²) in [7, 11) is 0. The molecule has 0 unspecified atom stereocenters. The van der Waals surface area contributed by atoms with Crippen molar-refractivity contribution in [1.29, 1.82) is 0 Å². The first-order valence-electron chi connectivity index (χ1n) is 9.20. The van der Waals surface area contributed by atoms with Gasteiger partial charge in [-0.2, -0.15) is 0 Å². The number of halogens is 1. The largest absolute Gasteiger partial charge is 0.355 e. The Balaban J connectivity index is 2.26. The fourth-order valence-corrected chi connectivity index (χ4v) is 3.10. The number of nitrogens with zero attached hydrogens (tertiary/aromatic N) is 1. The average molecular weight is 387 g/mol. The molecule has 27 heavy (non-hydrogen) atoms. The van der Waals surface area contributed by atoms with Crippen molar-refractivity contribution in [2.24, 2.45) is 0 Å². The van der Waals surface area contributed by atoms with Crippen molar-refractivity contribution < 1.29 is 9.59 Å². The summed E-state index contributed by atoms with van der Waals surface area (Å²) in [4.78, 5) is 27.1. The van der Waals surface area contributed by atoms with E-state index in [1.807, 2.05) is 57.2 Å². The highest BCUT2D eigenvalue weighted by molar-refractivity contribution is 6.31. The van der Waals surface area contributed by atoms with Crippen molar-refractivity contribution >= 4 is 23.4 Å². The lowest BCUT2D eigenvalue weighted by molar-refractivity contribution is -0.140. The molecule has 0 aliphatic heterocycles. The molecule has 0 aliphatic carbocycles. The van der Waals surface area contributed by atoms with E-state index in [2.05, 4.69) is 5.32 Å². The zero-order valence-electron chi connectivity index (χ0n) is 16.4. The van der Waals surface area contributed by atoms with Crippen molar-refractivity contribution in [1.82, 2.24) is 10.2 Å². The topological polar surface area (TPSA) is 49.4 Å². The summed E-state index contributed by atoms with van der Waals surface area (Å²) in [6.45, 7) is 8.50. The number of hydrogen-bond donors (Lipinski definition) is 1. The molecule has 0 bridgehead atoms. The molecule has 0 radical (unpaired) electrons. The highest BCUT2D eigenvalue weighted by Gasteiger charge is 2.26. The highest BCUT2D eigenvalue weighted by atomic mass is 35.5. The summed E-state index contributed by atoms with van der Waals surface area (Å²) >= 11 is 6.28. The maximum Gasteiger partial charge on any atom is 0.242 e. The van der Waals surface area contributed by atoms with Crippen LogP contribution in [0.1, 0.15) is 36.1 Å². The van der Waals surface area contributed by atoms with Crippen molar-refractivity contribution in [2.45, 2.75) is 46.7 Å². The van der Waals surface area contributed by atoms with Crippen molar-refractivity contribution in [3.63, 3.8) is 0 Å². The van der Waals surface area contributed by atoms with E-state index < -0.39 is 6.04 Å². The van der Waals surface area contributed by atoms with Crippen molar-refractivity contribution in [2.75, 3.05) is 6.54 Å². The number of aryl methyl sites for hydroxylation is 2. The SMILES string of the molecule is CCNC(=O)[C@H](C)N(Cc1ccccc1Cl)C(=O)Cc1ccc(C)c(C)c1. The van der Waals surface area contributed by atoms with Crippen LogP contribution in [0.25, 0.3) is 0 Å². The molecule has 1 N–H and O–H groups in total. The van der Waals surface area contributed by atoms with Crippen LogP contribution >= 0.6 is 11.6 Å². The second-order valence-electron chi connectivity index (χ2n) is 6.78. The zero-order valence-corrected chi connectivity index (χ0v) is 17.1. The molecule has 0 aromatic heterocycles. The number of benzene rings is 2. The highest BCUT2D eigenvalue weighted by Crippen LogP contribution is 2.20. The van der Waals surface area contributed by atoms with Gasteiger partial charge in [-0.3, -0.25) is 9.59 Å². The summed E-state index contributed by atoms with van der Waals surface area (Å²) < 4.78 is 0. The molecule has 0 aliphatic rings. The quantitative estimate of drug-likeness (QED) is 0.780. The van der Waals surface area contributed by atoms with E-state index >= 15 is 0 Å². The molecule has 1 atom stereocenters. The number of likely N-dealkylation sites (N-methyl/N-ethyl adjacent to an activating group) is 1. The van der Waals surface area contributed by atoms with Crippen LogP contribution in [0.4, 0.5) is 0 Å². The van der Waals surface area contributed by atoms with Gasteiger partial charge >= 0.3 is 0 Å². The molecule has 0 fully saturated rings. The zero-order chi connectivity index (χ0) is 20.0. The van der Waals surface area contributed by atoms with Gasteiger partial charge in [0, 0.05) is 18.1 Å². The maximum absolute atomic E-state index is 13.1. The third-order valence-corrected chi connectivity index (χ3v) is 5.11. The van der Waals surface area contributed by atoms with Crippen LogP contribution in [0.2, 0.25) is 5.02 Å². The van der Waals surface area contributed by atoms with E-state index in [9.17, 15) is 9.59 Å². The Hall–Kier alpha value is -2.33. The molecule has 5 heteroatoms. The Morgan fingerprint density at radius 2 is 1.81 bits per heavy atom. The molecule has 2 aromatic rings. The van der Waals surface area contributed by atoms with Gasteiger partial charge in [-0.05, 0) is 56.0 Å². The second-order valence-corrected chi connectivity index (χ2v) is 7.19. The van der Waals surface area contributed by atoms with Crippen LogP contribution in [0.15, 0.2) is 42.5 Å². The van der Waals surface area contributed by atoms with Crippen LogP contribution in [0.5, 0.6) is 0 Å². The minimum absolute atomic E-state index is 0.100. The summed E-state index contributed by atoms with van der Waals surface area (Å²) in [5, 5.41) is 3.38. The Bertz CT molecular complexity index is 820. The number of hydrogen-bond acceptors (Lipinski definition) is 2. The van der Waals surface area contributed by atoms with Gasteiger partial charge in [0.1, 0.15) is 6.04 Å². The van der Waals surface area contributed by atoms with E-state index in [4.69, 9.17) is 11.6 Å². The number of rotatable bonds is 7. The summed E-state index contributed by atoms with van der Waals surface area (Å²) in [5.74, 6) is -0.269. The van der Waals surface area contributed by atoms with Crippen LogP contribution < -0.4 is 5.32 Å². The summed E-state index contributed by atoms with van der Waals surface area (Å²) in [5.41, 5.74) is 4.10. The maximum atomic E-state index is 13.1. The van der Waals surface area contributed by atoms with Crippen molar-refractivity contribution in [3.8, 4) is 0 Å². The molecule has 0 saturated carbocycles.